The Kier molecular flexibility index (Phi) is 6.31. The number of fused-ring (bicyclic) bond motifs is 2. The Morgan fingerprint density at radius 1 is 0.973 bits per heavy atom. The zero-order valence-corrected chi connectivity index (χ0v) is 19.5. The molecule has 0 fully saturated rings. The highest BCUT2D eigenvalue weighted by Gasteiger charge is 2.22. The van der Waals surface area contributed by atoms with Crippen molar-refractivity contribution in [2.24, 2.45) is 0 Å². The summed E-state index contributed by atoms with van der Waals surface area (Å²) in [6.07, 6.45) is 1.30. The summed E-state index contributed by atoms with van der Waals surface area (Å²) in [4.78, 5) is 39.6. The van der Waals surface area contributed by atoms with E-state index in [9.17, 15) is 23.2 Å². The van der Waals surface area contributed by atoms with Crippen molar-refractivity contribution in [3.63, 3.8) is 0 Å². The average Bonchev–Trinajstić information content (AvgIpc) is 2.91. The van der Waals surface area contributed by atoms with Gasteiger partial charge in [0, 0.05) is 29.6 Å². The number of carbonyl (C=O) groups is 2. The average molecular weight is 506 g/mol. The molecular formula is C27H20F2N2O6. The Morgan fingerprint density at radius 2 is 1.68 bits per heavy atom. The molecule has 10 heteroatoms. The standard InChI is InChI=1S/C27H20F2N2O6/c1-35-17-5-2-15(3-6-17)26(33)19-13-31(14-25(32)30-16-4-7-20(28)21(29)10-16)22-12-24-23(36-8-9-37-24)11-18(22)27(19)34/h2-7,10-13H,8-9,14H2,1H3,(H,30,32). The van der Waals surface area contributed by atoms with Crippen molar-refractivity contribution in [1.82, 2.24) is 4.57 Å². The predicted molar refractivity (Wildman–Crippen MR) is 131 cm³/mol. The molecule has 2 heterocycles. The molecule has 0 atom stereocenters. The number of ether oxygens (including phenoxy) is 3. The number of nitrogens with zero attached hydrogens (tertiary/aromatic N) is 1. The van der Waals surface area contributed by atoms with E-state index >= 15 is 0 Å². The second-order valence-corrected chi connectivity index (χ2v) is 8.25. The van der Waals surface area contributed by atoms with Crippen molar-refractivity contribution < 1.29 is 32.6 Å². The van der Waals surface area contributed by atoms with Gasteiger partial charge in [0.25, 0.3) is 0 Å². The van der Waals surface area contributed by atoms with E-state index < -0.39 is 28.8 Å². The molecule has 0 radical (unpaired) electrons. The molecule has 0 saturated carbocycles. The number of halogens is 2. The van der Waals surface area contributed by atoms with Crippen LogP contribution in [0.15, 0.2) is 65.6 Å². The van der Waals surface area contributed by atoms with Crippen molar-refractivity contribution in [1.29, 1.82) is 0 Å². The van der Waals surface area contributed by atoms with E-state index in [1.165, 1.54) is 42.1 Å². The first kappa shape index (κ1) is 24.0. The Morgan fingerprint density at radius 3 is 2.35 bits per heavy atom. The Bertz CT molecular complexity index is 1600. The number of pyridine rings is 1. The highest BCUT2D eigenvalue weighted by atomic mass is 19.2. The number of hydrogen-bond donors (Lipinski definition) is 1. The summed E-state index contributed by atoms with van der Waals surface area (Å²) in [6.45, 7) is 0.277. The fourth-order valence-corrected chi connectivity index (χ4v) is 4.05. The molecule has 0 saturated heterocycles. The molecule has 8 nitrogen and oxygen atoms in total. The normalized spacial score (nSPS) is 12.3. The first-order valence-electron chi connectivity index (χ1n) is 11.2. The summed E-state index contributed by atoms with van der Waals surface area (Å²) in [7, 11) is 1.50. The van der Waals surface area contributed by atoms with Crippen LogP contribution >= 0.6 is 0 Å². The molecule has 0 bridgehead atoms. The molecule has 3 aromatic carbocycles. The van der Waals surface area contributed by atoms with Gasteiger partial charge in [-0.25, -0.2) is 8.78 Å². The zero-order valence-electron chi connectivity index (χ0n) is 19.5. The monoisotopic (exact) mass is 506 g/mol. The van der Waals surface area contributed by atoms with E-state index in [1.807, 2.05) is 0 Å². The minimum absolute atomic E-state index is 0.0536. The lowest BCUT2D eigenvalue weighted by atomic mass is 10.0. The van der Waals surface area contributed by atoms with Crippen LogP contribution in [0.4, 0.5) is 14.5 Å². The van der Waals surface area contributed by atoms with E-state index in [0.717, 1.165) is 12.1 Å². The fourth-order valence-electron chi connectivity index (χ4n) is 4.05. The van der Waals surface area contributed by atoms with E-state index in [-0.39, 0.29) is 28.7 Å². The van der Waals surface area contributed by atoms with Crippen LogP contribution in [-0.4, -0.2) is 36.6 Å². The summed E-state index contributed by atoms with van der Waals surface area (Å²) in [5.74, 6) is -2.00. The maximum absolute atomic E-state index is 13.6. The number of aromatic nitrogens is 1. The minimum atomic E-state index is -1.11. The lowest BCUT2D eigenvalue weighted by Crippen LogP contribution is -2.25. The van der Waals surface area contributed by atoms with Crippen LogP contribution in [0.25, 0.3) is 10.9 Å². The number of amides is 1. The SMILES string of the molecule is COc1ccc(C(=O)c2cn(CC(=O)Nc3ccc(F)c(F)c3)c3cc4c(cc3c2=O)OCCO4)cc1. The number of benzene rings is 3. The van der Waals surface area contributed by atoms with Crippen LogP contribution in [-0.2, 0) is 11.3 Å². The molecule has 37 heavy (non-hydrogen) atoms. The van der Waals surface area contributed by atoms with Gasteiger partial charge in [0.15, 0.2) is 28.9 Å². The minimum Gasteiger partial charge on any atom is -0.497 e. The third-order valence-electron chi connectivity index (χ3n) is 5.86. The number of ketones is 1. The van der Waals surface area contributed by atoms with Gasteiger partial charge in [-0.05, 0) is 42.5 Å². The van der Waals surface area contributed by atoms with Gasteiger partial charge >= 0.3 is 0 Å². The van der Waals surface area contributed by atoms with E-state index in [4.69, 9.17) is 14.2 Å². The second kappa shape index (κ2) is 9.73. The quantitative estimate of drug-likeness (QED) is 0.398. The van der Waals surface area contributed by atoms with Crippen LogP contribution in [0.1, 0.15) is 15.9 Å². The number of methoxy groups -OCH3 is 1. The number of hydrogen-bond acceptors (Lipinski definition) is 6. The van der Waals surface area contributed by atoms with E-state index in [1.54, 1.807) is 18.2 Å². The molecule has 0 spiro atoms. The topological polar surface area (TPSA) is 95.9 Å². The third kappa shape index (κ3) is 4.73. The maximum atomic E-state index is 13.6. The predicted octanol–water partition coefficient (Wildman–Crippen LogP) is 3.93. The Hall–Kier alpha value is -4.73. The Labute approximate surface area is 209 Å². The van der Waals surface area contributed by atoms with Crippen LogP contribution in [0.5, 0.6) is 17.2 Å². The van der Waals surface area contributed by atoms with Gasteiger partial charge in [0.05, 0.1) is 23.6 Å². The molecule has 5 rings (SSSR count). The maximum Gasteiger partial charge on any atom is 0.244 e. The highest BCUT2D eigenvalue weighted by molar-refractivity contribution is 6.10. The van der Waals surface area contributed by atoms with Crippen molar-refractivity contribution in [2.75, 3.05) is 25.6 Å². The lowest BCUT2D eigenvalue weighted by molar-refractivity contribution is -0.116. The molecule has 0 aliphatic carbocycles. The number of nitrogens with one attached hydrogen (secondary N) is 1. The van der Waals surface area contributed by atoms with Gasteiger partial charge < -0.3 is 24.1 Å². The summed E-state index contributed by atoms with van der Waals surface area (Å²) in [5.41, 5.74) is -0.0496. The van der Waals surface area contributed by atoms with Crippen LogP contribution in [0.3, 0.4) is 0 Å². The smallest absolute Gasteiger partial charge is 0.244 e. The van der Waals surface area contributed by atoms with Crippen molar-refractivity contribution >= 4 is 28.3 Å². The van der Waals surface area contributed by atoms with Gasteiger partial charge in [-0.15, -0.1) is 0 Å². The van der Waals surface area contributed by atoms with Crippen LogP contribution in [0.2, 0.25) is 0 Å². The Balaban J connectivity index is 1.58. The van der Waals surface area contributed by atoms with Crippen molar-refractivity contribution in [3.8, 4) is 17.2 Å². The zero-order chi connectivity index (χ0) is 26.1. The molecule has 0 unspecified atom stereocenters. The molecule has 1 aliphatic rings. The molecule has 4 aromatic rings. The third-order valence-corrected chi connectivity index (χ3v) is 5.86. The van der Waals surface area contributed by atoms with Gasteiger partial charge in [-0.2, -0.15) is 0 Å². The van der Waals surface area contributed by atoms with Crippen LogP contribution < -0.4 is 25.0 Å². The van der Waals surface area contributed by atoms with Crippen LogP contribution in [0, 0.1) is 11.6 Å². The molecule has 1 N–H and O–H groups in total. The summed E-state index contributed by atoms with van der Waals surface area (Å²) >= 11 is 0. The van der Waals surface area contributed by atoms with Gasteiger partial charge in [-0.3, -0.25) is 14.4 Å². The van der Waals surface area contributed by atoms with Crippen molar-refractivity contribution in [3.05, 3.63) is 93.8 Å². The van der Waals surface area contributed by atoms with Gasteiger partial charge in [0.1, 0.15) is 25.5 Å². The lowest BCUT2D eigenvalue weighted by Gasteiger charge is -2.20. The highest BCUT2D eigenvalue weighted by Crippen LogP contribution is 2.34. The molecule has 188 valence electrons. The molecule has 1 amide bonds. The summed E-state index contributed by atoms with van der Waals surface area (Å²) in [6, 6.07) is 12.3. The van der Waals surface area contributed by atoms with E-state index in [2.05, 4.69) is 5.32 Å². The number of anilines is 1. The number of carbonyl (C=O) groups excluding carboxylic acids is 2. The first-order chi connectivity index (χ1) is 17.8. The first-order valence-corrected chi connectivity index (χ1v) is 11.2. The van der Waals surface area contributed by atoms with E-state index in [0.29, 0.717) is 36.0 Å². The number of rotatable bonds is 6. The molecular weight excluding hydrogens is 486 g/mol. The second-order valence-electron chi connectivity index (χ2n) is 8.25. The molecule has 1 aromatic heterocycles. The summed E-state index contributed by atoms with van der Waals surface area (Å²) < 4.78 is 44.6. The fraction of sp³-hybridized carbons (Fsp3) is 0.148. The summed E-state index contributed by atoms with van der Waals surface area (Å²) in [5, 5.41) is 2.65. The van der Waals surface area contributed by atoms with Gasteiger partial charge in [-0.1, -0.05) is 0 Å². The van der Waals surface area contributed by atoms with Crippen molar-refractivity contribution in [2.45, 2.75) is 6.54 Å². The molecule has 1 aliphatic heterocycles. The van der Waals surface area contributed by atoms with Gasteiger partial charge in [0.2, 0.25) is 11.3 Å². The largest absolute Gasteiger partial charge is 0.497 e.